The van der Waals surface area contributed by atoms with Crippen LogP contribution >= 0.6 is 0 Å². The van der Waals surface area contributed by atoms with E-state index in [2.05, 4.69) is 20.4 Å². The number of carbonyl (C=O) groups excluding carboxylic acids is 1. The fourth-order valence-corrected chi connectivity index (χ4v) is 2.04. The predicted octanol–water partition coefficient (Wildman–Crippen LogP) is 2.98. The van der Waals surface area contributed by atoms with Gasteiger partial charge < -0.3 is 20.1 Å². The molecule has 0 spiro atoms. The number of guanidine groups is 1. The Morgan fingerprint density at radius 1 is 1.19 bits per heavy atom. The van der Waals surface area contributed by atoms with Crippen LogP contribution in [0, 0.1) is 0 Å². The van der Waals surface area contributed by atoms with Crippen molar-refractivity contribution in [3.63, 3.8) is 0 Å². The smallest absolute Gasteiger partial charge is 0.466 e. The fourth-order valence-electron chi connectivity index (χ4n) is 2.04. The lowest BCUT2D eigenvalue weighted by Crippen LogP contribution is -2.37. The van der Waals surface area contributed by atoms with E-state index in [9.17, 15) is 18.0 Å². The first-order chi connectivity index (χ1) is 12.4. The van der Waals surface area contributed by atoms with Gasteiger partial charge in [0.25, 0.3) is 0 Å². The van der Waals surface area contributed by atoms with Crippen molar-refractivity contribution in [3.05, 3.63) is 29.8 Å². The molecule has 0 atom stereocenters. The Balaban J connectivity index is 2.62. The summed E-state index contributed by atoms with van der Waals surface area (Å²) in [4.78, 5) is 15.5. The number of hydrogen-bond donors (Lipinski definition) is 2. The third kappa shape index (κ3) is 9.14. The van der Waals surface area contributed by atoms with E-state index in [4.69, 9.17) is 4.74 Å². The van der Waals surface area contributed by atoms with Gasteiger partial charge in [0.2, 0.25) is 0 Å². The Bertz CT molecular complexity index is 592. The lowest BCUT2D eigenvalue weighted by molar-refractivity contribution is -0.274. The number of nitrogens with one attached hydrogen (secondary N) is 2. The van der Waals surface area contributed by atoms with Crippen molar-refractivity contribution in [3.8, 4) is 5.75 Å². The van der Waals surface area contributed by atoms with Gasteiger partial charge in [0.1, 0.15) is 5.75 Å². The SMILES string of the molecule is CCNC(=NCc1ccccc1OC(F)(F)F)NCCCC(=O)OCC. The minimum Gasteiger partial charge on any atom is -0.466 e. The zero-order valence-corrected chi connectivity index (χ0v) is 14.9. The van der Waals surface area contributed by atoms with Crippen LogP contribution in [0.1, 0.15) is 32.3 Å². The minimum atomic E-state index is -4.75. The van der Waals surface area contributed by atoms with Gasteiger partial charge in [0.15, 0.2) is 5.96 Å². The van der Waals surface area contributed by atoms with Crippen molar-refractivity contribution in [1.82, 2.24) is 10.6 Å². The number of hydrogen-bond acceptors (Lipinski definition) is 4. The van der Waals surface area contributed by atoms with E-state index in [1.165, 1.54) is 18.2 Å². The van der Waals surface area contributed by atoms with Gasteiger partial charge in [-0.05, 0) is 26.3 Å². The first-order valence-corrected chi connectivity index (χ1v) is 8.37. The van der Waals surface area contributed by atoms with Crippen molar-refractivity contribution < 1.29 is 27.4 Å². The molecule has 0 aliphatic carbocycles. The maximum Gasteiger partial charge on any atom is 0.573 e. The molecule has 2 N–H and O–H groups in total. The van der Waals surface area contributed by atoms with Crippen LogP contribution in [0.2, 0.25) is 0 Å². The van der Waals surface area contributed by atoms with Gasteiger partial charge in [-0.25, -0.2) is 4.99 Å². The average Bonchev–Trinajstić information content (AvgIpc) is 2.56. The number of rotatable bonds is 9. The Labute approximate surface area is 150 Å². The number of carbonyl (C=O) groups is 1. The summed E-state index contributed by atoms with van der Waals surface area (Å²) in [7, 11) is 0. The van der Waals surface area contributed by atoms with Gasteiger partial charge in [-0.1, -0.05) is 18.2 Å². The van der Waals surface area contributed by atoms with Crippen molar-refractivity contribution in [1.29, 1.82) is 0 Å². The molecule has 0 saturated heterocycles. The summed E-state index contributed by atoms with van der Waals surface area (Å²) in [6.45, 7) is 5.04. The molecule has 0 heterocycles. The summed E-state index contributed by atoms with van der Waals surface area (Å²) >= 11 is 0. The summed E-state index contributed by atoms with van der Waals surface area (Å²) in [5, 5.41) is 6.02. The molecule has 0 radical (unpaired) electrons. The van der Waals surface area contributed by atoms with Crippen LogP contribution in [-0.4, -0.2) is 38.0 Å². The summed E-state index contributed by atoms with van der Waals surface area (Å²) in [5.74, 6) is -0.102. The molecule has 0 saturated carbocycles. The summed E-state index contributed by atoms with van der Waals surface area (Å²) in [6, 6.07) is 5.85. The molecular formula is C17H24F3N3O3. The Morgan fingerprint density at radius 3 is 2.58 bits per heavy atom. The molecule has 26 heavy (non-hydrogen) atoms. The van der Waals surface area contributed by atoms with E-state index in [0.717, 1.165) is 0 Å². The topological polar surface area (TPSA) is 72.0 Å². The molecule has 1 rings (SSSR count). The number of nitrogens with zero attached hydrogens (tertiary/aromatic N) is 1. The van der Waals surface area contributed by atoms with Crippen LogP contribution in [0.5, 0.6) is 5.75 Å². The van der Waals surface area contributed by atoms with Crippen LogP contribution in [0.3, 0.4) is 0 Å². The second kappa shape index (κ2) is 11.2. The standard InChI is InChI=1S/C17H24F3N3O3/c1-3-21-16(22-11-7-10-15(24)25-4-2)23-12-13-8-5-6-9-14(13)26-17(18,19)20/h5-6,8-9H,3-4,7,10-12H2,1-2H3,(H2,21,22,23). The Hall–Kier alpha value is -2.45. The van der Waals surface area contributed by atoms with E-state index in [0.29, 0.717) is 37.6 Å². The van der Waals surface area contributed by atoms with Crippen molar-refractivity contribution in [2.75, 3.05) is 19.7 Å². The monoisotopic (exact) mass is 375 g/mol. The lowest BCUT2D eigenvalue weighted by atomic mass is 10.2. The Kier molecular flexibility index (Phi) is 9.32. The molecule has 0 aliphatic heterocycles. The van der Waals surface area contributed by atoms with Crippen LogP contribution in [0.4, 0.5) is 13.2 Å². The van der Waals surface area contributed by atoms with Crippen LogP contribution in [-0.2, 0) is 16.1 Å². The molecule has 0 amide bonds. The van der Waals surface area contributed by atoms with E-state index in [-0.39, 0.29) is 24.7 Å². The molecule has 0 bridgehead atoms. The van der Waals surface area contributed by atoms with Gasteiger partial charge in [-0.15, -0.1) is 13.2 Å². The van der Waals surface area contributed by atoms with Crippen molar-refractivity contribution in [2.24, 2.45) is 4.99 Å². The first kappa shape index (κ1) is 21.6. The highest BCUT2D eigenvalue weighted by Gasteiger charge is 2.31. The fraction of sp³-hybridized carbons (Fsp3) is 0.529. The molecule has 0 aliphatic rings. The first-order valence-electron chi connectivity index (χ1n) is 8.37. The molecule has 9 heteroatoms. The Morgan fingerprint density at radius 2 is 1.92 bits per heavy atom. The lowest BCUT2D eigenvalue weighted by Gasteiger charge is -2.14. The molecule has 6 nitrogen and oxygen atoms in total. The number of aliphatic imine (C=N–C) groups is 1. The molecule has 146 valence electrons. The molecule has 0 aromatic heterocycles. The van der Waals surface area contributed by atoms with Crippen LogP contribution < -0.4 is 15.4 Å². The molecule has 0 unspecified atom stereocenters. The zero-order valence-electron chi connectivity index (χ0n) is 14.9. The largest absolute Gasteiger partial charge is 0.573 e. The van der Waals surface area contributed by atoms with Crippen LogP contribution in [0.15, 0.2) is 29.3 Å². The van der Waals surface area contributed by atoms with Gasteiger partial charge in [-0.3, -0.25) is 4.79 Å². The number of esters is 1. The minimum absolute atomic E-state index is 0.0134. The molecular weight excluding hydrogens is 351 g/mol. The summed E-state index contributed by atoms with van der Waals surface area (Å²) in [6.07, 6.45) is -3.92. The number of ether oxygens (including phenoxy) is 2. The normalized spacial score (nSPS) is 11.8. The third-order valence-corrected chi connectivity index (χ3v) is 3.11. The van der Waals surface area contributed by atoms with Crippen molar-refractivity contribution in [2.45, 2.75) is 39.6 Å². The number of para-hydroxylation sites is 1. The van der Waals surface area contributed by atoms with E-state index in [1.807, 2.05) is 6.92 Å². The zero-order chi connectivity index (χ0) is 19.4. The molecule has 1 aromatic carbocycles. The second-order valence-electron chi connectivity index (χ2n) is 5.19. The highest BCUT2D eigenvalue weighted by atomic mass is 19.4. The van der Waals surface area contributed by atoms with Gasteiger partial charge in [0, 0.05) is 25.1 Å². The number of benzene rings is 1. The quantitative estimate of drug-likeness (QED) is 0.301. The van der Waals surface area contributed by atoms with E-state index >= 15 is 0 Å². The third-order valence-electron chi connectivity index (χ3n) is 3.11. The van der Waals surface area contributed by atoms with Crippen molar-refractivity contribution >= 4 is 11.9 Å². The predicted molar refractivity (Wildman–Crippen MR) is 91.8 cm³/mol. The average molecular weight is 375 g/mol. The summed E-state index contributed by atoms with van der Waals surface area (Å²) < 4.78 is 46.2. The maximum absolute atomic E-state index is 12.4. The van der Waals surface area contributed by atoms with Crippen LogP contribution in [0.25, 0.3) is 0 Å². The highest BCUT2D eigenvalue weighted by molar-refractivity contribution is 5.79. The van der Waals surface area contributed by atoms with E-state index < -0.39 is 6.36 Å². The van der Waals surface area contributed by atoms with Gasteiger partial charge in [-0.2, -0.15) is 0 Å². The van der Waals surface area contributed by atoms with E-state index in [1.54, 1.807) is 13.0 Å². The number of halogens is 3. The second-order valence-corrected chi connectivity index (χ2v) is 5.19. The maximum atomic E-state index is 12.4. The molecule has 1 aromatic rings. The van der Waals surface area contributed by atoms with Gasteiger partial charge >= 0.3 is 12.3 Å². The number of alkyl halides is 3. The highest BCUT2D eigenvalue weighted by Crippen LogP contribution is 2.26. The van der Waals surface area contributed by atoms with Gasteiger partial charge in [0.05, 0.1) is 13.2 Å². The molecule has 0 fully saturated rings. The summed E-state index contributed by atoms with van der Waals surface area (Å²) in [5.41, 5.74) is 0.313.